The third-order valence-electron chi connectivity index (χ3n) is 2.83. The Morgan fingerprint density at radius 3 is 2.58 bits per heavy atom. The second-order valence-corrected chi connectivity index (χ2v) is 6.98. The van der Waals surface area contributed by atoms with Crippen LogP contribution in [-0.2, 0) is 25.6 Å². The lowest BCUT2D eigenvalue weighted by Gasteiger charge is -2.16. The Morgan fingerprint density at radius 2 is 2.00 bits per heavy atom. The molecule has 104 valence electrons. The van der Waals surface area contributed by atoms with Crippen molar-refractivity contribution in [1.29, 1.82) is 0 Å². The molecule has 5 nitrogen and oxygen atoms in total. The Balaban J connectivity index is 2.00. The third-order valence-corrected chi connectivity index (χ3v) is 3.94. The van der Waals surface area contributed by atoms with Crippen LogP contribution in [0.15, 0.2) is 28.7 Å². The molecule has 2 rings (SSSR count). The molecule has 0 unspecified atom stereocenters. The van der Waals surface area contributed by atoms with Gasteiger partial charge < -0.3 is 4.90 Å². The molecule has 0 radical (unpaired) electrons. The van der Waals surface area contributed by atoms with Gasteiger partial charge in [0.2, 0.25) is 0 Å². The Morgan fingerprint density at radius 1 is 1.37 bits per heavy atom. The second-order valence-electron chi connectivity index (χ2n) is 4.46. The van der Waals surface area contributed by atoms with Gasteiger partial charge in [-0.15, -0.1) is 0 Å². The molecule has 1 aromatic rings. The molecule has 1 atom stereocenters. The van der Waals surface area contributed by atoms with E-state index in [0.717, 1.165) is 16.3 Å². The summed E-state index contributed by atoms with van der Waals surface area (Å²) in [4.78, 5) is 13.6. The molecule has 1 aromatic carbocycles. The van der Waals surface area contributed by atoms with Gasteiger partial charge in [-0.05, 0) is 17.7 Å². The quantitative estimate of drug-likeness (QED) is 0.774. The second kappa shape index (κ2) is 5.60. The summed E-state index contributed by atoms with van der Waals surface area (Å²) in [5.41, 5.74) is 0.997. The molecule has 7 heteroatoms. The monoisotopic (exact) mass is 347 g/mol. The van der Waals surface area contributed by atoms with E-state index in [4.69, 9.17) is 4.18 Å². The fraction of sp³-hybridized carbons (Fsp3) is 0.417. The summed E-state index contributed by atoms with van der Waals surface area (Å²) >= 11 is 3.35. The van der Waals surface area contributed by atoms with Gasteiger partial charge in [-0.25, -0.2) is 0 Å². The van der Waals surface area contributed by atoms with Gasteiger partial charge in [0.25, 0.3) is 16.0 Å². The predicted molar refractivity (Wildman–Crippen MR) is 73.9 cm³/mol. The Bertz CT molecular complexity index is 570. The molecule has 1 aliphatic rings. The highest BCUT2D eigenvalue weighted by molar-refractivity contribution is 9.10. The van der Waals surface area contributed by atoms with E-state index in [1.54, 1.807) is 4.90 Å². The average molecular weight is 348 g/mol. The minimum absolute atomic E-state index is 0.270. The van der Waals surface area contributed by atoms with Crippen LogP contribution < -0.4 is 0 Å². The van der Waals surface area contributed by atoms with Crippen molar-refractivity contribution < 1.29 is 17.4 Å². The molecule has 1 amide bonds. The van der Waals surface area contributed by atoms with Gasteiger partial charge in [-0.1, -0.05) is 28.1 Å². The largest absolute Gasteiger partial charge is 0.336 e. The molecule has 0 bridgehead atoms. The smallest absolute Gasteiger partial charge is 0.265 e. The number of nitrogens with zero attached hydrogens (tertiary/aromatic N) is 1. The number of rotatable bonds is 4. The topological polar surface area (TPSA) is 63.7 Å². The highest BCUT2D eigenvalue weighted by Gasteiger charge is 2.34. The van der Waals surface area contributed by atoms with Crippen LogP contribution in [0.4, 0.5) is 0 Å². The molecule has 1 heterocycles. The molecule has 1 fully saturated rings. The maximum Gasteiger partial charge on any atom is 0.265 e. The minimum atomic E-state index is -3.60. The molecule has 1 aliphatic heterocycles. The SMILES string of the molecule is CS(=O)(=O)O[C@H]1CCN(Cc2ccc(Br)cc2)C1=O. The molecule has 0 N–H and O–H groups in total. The highest BCUT2D eigenvalue weighted by atomic mass is 79.9. The number of hydrogen-bond donors (Lipinski definition) is 0. The van der Waals surface area contributed by atoms with Gasteiger partial charge in [0.05, 0.1) is 6.26 Å². The zero-order chi connectivity index (χ0) is 14.0. The number of carbonyl (C=O) groups is 1. The Hall–Kier alpha value is -0.920. The predicted octanol–water partition coefficient (Wildman–Crippen LogP) is 1.53. The summed E-state index contributed by atoms with van der Waals surface area (Å²) in [5.74, 6) is -0.270. The molecular weight excluding hydrogens is 334 g/mol. The van der Waals surface area contributed by atoms with Crippen molar-refractivity contribution in [1.82, 2.24) is 4.90 Å². The summed E-state index contributed by atoms with van der Waals surface area (Å²) < 4.78 is 27.8. The molecule has 0 aliphatic carbocycles. The summed E-state index contributed by atoms with van der Waals surface area (Å²) in [6.45, 7) is 0.977. The fourth-order valence-electron chi connectivity index (χ4n) is 1.98. The lowest BCUT2D eigenvalue weighted by atomic mass is 10.2. The van der Waals surface area contributed by atoms with E-state index >= 15 is 0 Å². The number of benzene rings is 1. The molecule has 0 saturated carbocycles. The summed E-state index contributed by atoms with van der Waals surface area (Å²) in [7, 11) is -3.60. The van der Waals surface area contributed by atoms with Crippen LogP contribution in [-0.4, -0.2) is 38.1 Å². The van der Waals surface area contributed by atoms with Crippen molar-refractivity contribution in [3.63, 3.8) is 0 Å². The molecule has 19 heavy (non-hydrogen) atoms. The van der Waals surface area contributed by atoms with Gasteiger partial charge in [0.1, 0.15) is 0 Å². The number of carbonyl (C=O) groups excluding carboxylic acids is 1. The van der Waals surface area contributed by atoms with E-state index < -0.39 is 16.2 Å². The first-order valence-corrected chi connectivity index (χ1v) is 8.37. The number of likely N-dealkylation sites (tertiary alicyclic amines) is 1. The molecule has 0 spiro atoms. The fourth-order valence-corrected chi connectivity index (χ4v) is 2.84. The van der Waals surface area contributed by atoms with E-state index in [1.807, 2.05) is 24.3 Å². The van der Waals surface area contributed by atoms with Gasteiger partial charge in [0.15, 0.2) is 6.10 Å². The zero-order valence-corrected chi connectivity index (χ0v) is 12.8. The summed E-state index contributed by atoms with van der Waals surface area (Å²) in [6, 6.07) is 7.64. The minimum Gasteiger partial charge on any atom is -0.336 e. The van der Waals surface area contributed by atoms with Gasteiger partial charge >= 0.3 is 0 Å². The van der Waals surface area contributed by atoms with Crippen LogP contribution in [0.25, 0.3) is 0 Å². The van der Waals surface area contributed by atoms with Gasteiger partial charge in [-0.3, -0.25) is 8.98 Å². The van der Waals surface area contributed by atoms with Crippen LogP contribution >= 0.6 is 15.9 Å². The van der Waals surface area contributed by atoms with E-state index in [9.17, 15) is 13.2 Å². The van der Waals surface area contributed by atoms with Crippen LogP contribution in [0.5, 0.6) is 0 Å². The Kier molecular flexibility index (Phi) is 4.27. The van der Waals surface area contributed by atoms with Gasteiger partial charge in [-0.2, -0.15) is 8.42 Å². The van der Waals surface area contributed by atoms with Crippen molar-refractivity contribution in [2.24, 2.45) is 0 Å². The Labute approximate surface area is 120 Å². The summed E-state index contributed by atoms with van der Waals surface area (Å²) in [5, 5.41) is 0. The van der Waals surface area contributed by atoms with E-state index in [2.05, 4.69) is 15.9 Å². The zero-order valence-electron chi connectivity index (χ0n) is 10.4. The normalized spacial score (nSPS) is 20.0. The maximum atomic E-state index is 12.0. The van der Waals surface area contributed by atoms with Crippen molar-refractivity contribution in [3.8, 4) is 0 Å². The maximum absolute atomic E-state index is 12.0. The lowest BCUT2D eigenvalue weighted by molar-refractivity contribution is -0.133. The van der Waals surface area contributed by atoms with Crippen molar-refractivity contribution in [2.75, 3.05) is 12.8 Å². The molecule has 0 aromatic heterocycles. The third kappa shape index (κ3) is 4.02. The number of amides is 1. The van der Waals surface area contributed by atoms with Crippen molar-refractivity contribution in [3.05, 3.63) is 34.3 Å². The van der Waals surface area contributed by atoms with Crippen LogP contribution in [0.3, 0.4) is 0 Å². The average Bonchev–Trinajstić information content (AvgIpc) is 2.63. The molecular formula is C12H14BrNO4S. The van der Waals surface area contributed by atoms with Crippen LogP contribution in [0, 0.1) is 0 Å². The number of hydrogen-bond acceptors (Lipinski definition) is 4. The first-order valence-electron chi connectivity index (χ1n) is 5.76. The summed E-state index contributed by atoms with van der Waals surface area (Å²) in [6.07, 6.45) is 0.491. The van der Waals surface area contributed by atoms with E-state index in [1.165, 1.54) is 0 Å². The van der Waals surface area contributed by atoms with E-state index in [-0.39, 0.29) is 5.91 Å². The van der Waals surface area contributed by atoms with E-state index in [0.29, 0.717) is 19.5 Å². The van der Waals surface area contributed by atoms with Crippen molar-refractivity contribution in [2.45, 2.75) is 19.1 Å². The van der Waals surface area contributed by atoms with Crippen LogP contribution in [0.1, 0.15) is 12.0 Å². The molecule has 1 saturated heterocycles. The van der Waals surface area contributed by atoms with Crippen LogP contribution in [0.2, 0.25) is 0 Å². The highest BCUT2D eigenvalue weighted by Crippen LogP contribution is 2.19. The lowest BCUT2D eigenvalue weighted by Crippen LogP contribution is -2.31. The standard InChI is InChI=1S/C12H14BrNO4S/c1-19(16,17)18-11-6-7-14(12(11)15)8-9-2-4-10(13)5-3-9/h2-5,11H,6-8H2,1H3/t11-/m0/s1. The van der Waals surface area contributed by atoms with Gasteiger partial charge in [0, 0.05) is 24.0 Å². The van der Waals surface area contributed by atoms with Crippen molar-refractivity contribution >= 4 is 32.0 Å². The first-order chi connectivity index (χ1) is 8.85. The first kappa shape index (κ1) is 14.5. The number of halogens is 1.